The van der Waals surface area contributed by atoms with Crippen LogP contribution in [-0.4, -0.2) is 43.4 Å². The van der Waals surface area contributed by atoms with Gasteiger partial charge in [0.15, 0.2) is 0 Å². The molecule has 112 valence electrons. The Bertz CT molecular complexity index is 397. The third kappa shape index (κ3) is 5.09. The summed E-state index contributed by atoms with van der Waals surface area (Å²) in [7, 11) is 0. The lowest BCUT2D eigenvalue weighted by molar-refractivity contribution is -0.134. The molecule has 2 rings (SSSR count). The Labute approximate surface area is 125 Å². The van der Waals surface area contributed by atoms with Gasteiger partial charge >= 0.3 is 0 Å². The van der Waals surface area contributed by atoms with Gasteiger partial charge in [0, 0.05) is 19.6 Å². The molecule has 1 fully saturated rings. The highest BCUT2D eigenvalue weighted by molar-refractivity contribution is 5.85. The molecule has 0 spiro atoms. The zero-order valence-electron chi connectivity index (χ0n) is 11.2. The van der Waals surface area contributed by atoms with Gasteiger partial charge in [0.05, 0.1) is 12.7 Å². The molecule has 2 atom stereocenters. The van der Waals surface area contributed by atoms with Gasteiger partial charge in [0.25, 0.3) is 0 Å². The van der Waals surface area contributed by atoms with E-state index in [1.54, 1.807) is 0 Å². The average Bonchev–Trinajstić information content (AvgIpc) is 2.49. The average molecular weight is 301 g/mol. The van der Waals surface area contributed by atoms with Crippen molar-refractivity contribution in [1.29, 1.82) is 0 Å². The zero-order chi connectivity index (χ0) is 13.5. The highest BCUT2D eigenvalue weighted by Crippen LogP contribution is 2.14. The van der Waals surface area contributed by atoms with Gasteiger partial charge in [-0.05, 0) is 12.0 Å². The fraction of sp³-hybridized carbons (Fsp3) is 0.500. The van der Waals surface area contributed by atoms with Crippen molar-refractivity contribution < 1.29 is 14.6 Å². The Morgan fingerprint density at radius 1 is 1.45 bits per heavy atom. The van der Waals surface area contributed by atoms with E-state index in [2.05, 4.69) is 10.6 Å². The molecule has 1 saturated heterocycles. The highest BCUT2D eigenvalue weighted by atomic mass is 35.5. The van der Waals surface area contributed by atoms with E-state index < -0.39 is 12.2 Å². The van der Waals surface area contributed by atoms with Crippen LogP contribution in [0, 0.1) is 0 Å². The second-order valence-corrected chi connectivity index (χ2v) is 4.57. The molecule has 1 heterocycles. The number of hydrogen-bond acceptors (Lipinski definition) is 4. The number of halogens is 1. The van der Waals surface area contributed by atoms with Crippen LogP contribution in [0.5, 0.6) is 0 Å². The summed E-state index contributed by atoms with van der Waals surface area (Å²) in [6, 6.07) is 9.43. The maximum absolute atomic E-state index is 11.8. The molecule has 1 aromatic rings. The summed E-state index contributed by atoms with van der Waals surface area (Å²) < 4.78 is 5.34. The molecule has 0 bridgehead atoms. The number of rotatable bonds is 5. The van der Waals surface area contributed by atoms with Crippen LogP contribution < -0.4 is 10.6 Å². The molecule has 0 aliphatic carbocycles. The fourth-order valence-electron chi connectivity index (χ4n) is 2.02. The predicted octanol–water partition coefficient (Wildman–Crippen LogP) is 0.636. The standard InChI is InChI=1S/C14H20N2O3.ClH/c17-12(11-4-2-1-3-5-11)6-7-16-14(18)13-10-15-8-9-19-13;/h1-5,12-13,15,17H,6-10H2,(H,16,18);1H. The van der Waals surface area contributed by atoms with E-state index in [1.807, 2.05) is 30.3 Å². The maximum atomic E-state index is 11.8. The number of benzene rings is 1. The van der Waals surface area contributed by atoms with Gasteiger partial charge in [-0.1, -0.05) is 30.3 Å². The van der Waals surface area contributed by atoms with E-state index in [0.717, 1.165) is 12.1 Å². The normalized spacial score (nSPS) is 19.8. The van der Waals surface area contributed by atoms with Gasteiger partial charge < -0.3 is 20.5 Å². The minimum atomic E-state index is -0.549. The summed E-state index contributed by atoms with van der Waals surface area (Å²) in [5, 5.41) is 15.8. The minimum absolute atomic E-state index is 0. The van der Waals surface area contributed by atoms with Crippen molar-refractivity contribution in [3.63, 3.8) is 0 Å². The summed E-state index contributed by atoms with van der Waals surface area (Å²) in [6.07, 6.45) is -0.467. The Morgan fingerprint density at radius 2 is 2.20 bits per heavy atom. The lowest BCUT2D eigenvalue weighted by Crippen LogP contribution is -2.48. The van der Waals surface area contributed by atoms with Crippen molar-refractivity contribution in [2.45, 2.75) is 18.6 Å². The monoisotopic (exact) mass is 300 g/mol. The number of amides is 1. The van der Waals surface area contributed by atoms with E-state index in [-0.39, 0.29) is 18.3 Å². The van der Waals surface area contributed by atoms with Gasteiger partial charge in [-0.2, -0.15) is 0 Å². The number of aliphatic hydroxyl groups is 1. The van der Waals surface area contributed by atoms with E-state index in [4.69, 9.17) is 4.74 Å². The van der Waals surface area contributed by atoms with Crippen LogP contribution in [0.2, 0.25) is 0 Å². The van der Waals surface area contributed by atoms with Gasteiger partial charge in [-0.3, -0.25) is 4.79 Å². The summed E-state index contributed by atoms with van der Waals surface area (Å²) >= 11 is 0. The van der Waals surface area contributed by atoms with E-state index in [0.29, 0.717) is 26.1 Å². The first-order valence-corrected chi connectivity index (χ1v) is 6.60. The quantitative estimate of drug-likeness (QED) is 0.746. The van der Waals surface area contributed by atoms with Crippen molar-refractivity contribution >= 4 is 18.3 Å². The summed E-state index contributed by atoms with van der Waals surface area (Å²) in [5.74, 6) is -0.118. The minimum Gasteiger partial charge on any atom is -0.388 e. The maximum Gasteiger partial charge on any atom is 0.250 e. The molecule has 1 aromatic carbocycles. The van der Waals surface area contributed by atoms with Gasteiger partial charge in [0.2, 0.25) is 5.91 Å². The third-order valence-electron chi connectivity index (χ3n) is 3.12. The van der Waals surface area contributed by atoms with Crippen molar-refractivity contribution in [3.05, 3.63) is 35.9 Å². The summed E-state index contributed by atoms with van der Waals surface area (Å²) in [6.45, 7) is 2.34. The number of aliphatic hydroxyl groups excluding tert-OH is 1. The highest BCUT2D eigenvalue weighted by Gasteiger charge is 2.21. The second kappa shape index (κ2) is 8.92. The zero-order valence-corrected chi connectivity index (χ0v) is 12.1. The lowest BCUT2D eigenvalue weighted by atomic mass is 10.1. The van der Waals surface area contributed by atoms with Crippen molar-refractivity contribution in [1.82, 2.24) is 10.6 Å². The fourth-order valence-corrected chi connectivity index (χ4v) is 2.02. The van der Waals surface area contributed by atoms with Gasteiger partial charge in [-0.25, -0.2) is 0 Å². The van der Waals surface area contributed by atoms with E-state index in [1.165, 1.54) is 0 Å². The van der Waals surface area contributed by atoms with Crippen molar-refractivity contribution in [3.8, 4) is 0 Å². The first kappa shape index (κ1) is 16.9. The van der Waals surface area contributed by atoms with Crippen LogP contribution in [0.25, 0.3) is 0 Å². The molecule has 6 heteroatoms. The molecular formula is C14H21ClN2O3. The molecular weight excluding hydrogens is 280 g/mol. The molecule has 1 amide bonds. The van der Waals surface area contributed by atoms with Gasteiger partial charge in [0.1, 0.15) is 6.10 Å². The number of hydrogen-bond donors (Lipinski definition) is 3. The lowest BCUT2D eigenvalue weighted by Gasteiger charge is -2.23. The second-order valence-electron chi connectivity index (χ2n) is 4.57. The Balaban J connectivity index is 0.00000200. The Kier molecular flexibility index (Phi) is 7.54. The van der Waals surface area contributed by atoms with Crippen molar-refractivity contribution in [2.75, 3.05) is 26.2 Å². The Hall–Kier alpha value is -1.14. The topological polar surface area (TPSA) is 70.6 Å². The predicted molar refractivity (Wildman–Crippen MR) is 78.9 cm³/mol. The van der Waals surface area contributed by atoms with Gasteiger partial charge in [-0.15, -0.1) is 12.4 Å². The number of carbonyl (C=O) groups excluding carboxylic acids is 1. The molecule has 20 heavy (non-hydrogen) atoms. The molecule has 1 aliphatic heterocycles. The van der Waals surface area contributed by atoms with E-state index in [9.17, 15) is 9.90 Å². The summed E-state index contributed by atoms with van der Waals surface area (Å²) in [5.41, 5.74) is 0.868. The van der Waals surface area contributed by atoms with Crippen LogP contribution in [0.15, 0.2) is 30.3 Å². The smallest absolute Gasteiger partial charge is 0.250 e. The molecule has 1 aliphatic rings. The SMILES string of the molecule is Cl.O=C(NCCC(O)c1ccccc1)C1CNCCO1. The largest absolute Gasteiger partial charge is 0.388 e. The molecule has 0 aromatic heterocycles. The first-order chi connectivity index (χ1) is 9.27. The van der Waals surface area contributed by atoms with Crippen LogP contribution in [0.1, 0.15) is 18.1 Å². The summed E-state index contributed by atoms with van der Waals surface area (Å²) in [4.78, 5) is 11.8. The molecule has 0 radical (unpaired) electrons. The number of carbonyl (C=O) groups is 1. The number of morpholine rings is 1. The molecule has 3 N–H and O–H groups in total. The molecule has 0 saturated carbocycles. The van der Waals surface area contributed by atoms with Crippen molar-refractivity contribution in [2.24, 2.45) is 0 Å². The first-order valence-electron chi connectivity index (χ1n) is 6.60. The number of nitrogens with one attached hydrogen (secondary N) is 2. The van der Waals surface area contributed by atoms with E-state index >= 15 is 0 Å². The van der Waals surface area contributed by atoms with Crippen LogP contribution in [-0.2, 0) is 9.53 Å². The van der Waals surface area contributed by atoms with Crippen LogP contribution in [0.3, 0.4) is 0 Å². The van der Waals surface area contributed by atoms with Crippen LogP contribution in [0.4, 0.5) is 0 Å². The van der Waals surface area contributed by atoms with Crippen LogP contribution >= 0.6 is 12.4 Å². The molecule has 5 nitrogen and oxygen atoms in total. The third-order valence-corrected chi connectivity index (χ3v) is 3.12. The Morgan fingerprint density at radius 3 is 2.85 bits per heavy atom. The molecule has 2 unspecified atom stereocenters. The number of ether oxygens (including phenoxy) is 1.